The van der Waals surface area contributed by atoms with Gasteiger partial charge in [0.25, 0.3) is 0 Å². The Balaban J connectivity index is 4.44. The van der Waals surface area contributed by atoms with Crippen LogP contribution in [0.1, 0.15) is 284 Å². The molecule has 6 heteroatoms. The average molecular weight is 1080 g/mol. The molecule has 0 saturated carbocycles. The number of ether oxygens (including phenoxy) is 3. The maximum atomic E-state index is 12.9. The van der Waals surface area contributed by atoms with Crippen molar-refractivity contribution >= 4 is 17.9 Å². The van der Waals surface area contributed by atoms with Crippen LogP contribution in [0.15, 0.2) is 134 Å². The molecule has 0 radical (unpaired) electrons. The predicted molar refractivity (Wildman–Crippen MR) is 339 cm³/mol. The van der Waals surface area contributed by atoms with E-state index in [1.807, 2.05) is 0 Å². The van der Waals surface area contributed by atoms with Gasteiger partial charge in [0, 0.05) is 19.3 Å². The van der Waals surface area contributed by atoms with Crippen LogP contribution in [0.25, 0.3) is 0 Å². The summed E-state index contributed by atoms with van der Waals surface area (Å²) in [4.78, 5) is 38.3. The number of allylic oxidation sites excluding steroid dienone is 22. The maximum Gasteiger partial charge on any atom is 0.306 e. The van der Waals surface area contributed by atoms with Gasteiger partial charge in [-0.15, -0.1) is 0 Å². The second-order valence-corrected chi connectivity index (χ2v) is 20.9. The Kier molecular flexibility index (Phi) is 61.4. The van der Waals surface area contributed by atoms with E-state index in [4.69, 9.17) is 14.2 Å². The van der Waals surface area contributed by atoms with Gasteiger partial charge in [-0.2, -0.15) is 0 Å². The SMILES string of the molecule is CC/C=C\C/C=C\C/C=C\C/C=C\C/C=C\C/C=C\C/C=C\C/C=C\CCCCC(=O)OCC(COC(=O)CCCCC/C=C\C/C=C\C/C=C\CC)OC(=O)CCCCCCCCCCCCCCCCCCCCCC. The minimum atomic E-state index is -0.812. The first-order valence-electron chi connectivity index (χ1n) is 32.2. The van der Waals surface area contributed by atoms with E-state index in [2.05, 4.69) is 154 Å². The first-order chi connectivity index (χ1) is 38.5. The molecule has 6 nitrogen and oxygen atoms in total. The molecule has 0 spiro atoms. The van der Waals surface area contributed by atoms with Gasteiger partial charge in [0.1, 0.15) is 13.2 Å². The summed E-state index contributed by atoms with van der Waals surface area (Å²) >= 11 is 0. The Morgan fingerprint density at radius 2 is 0.500 bits per heavy atom. The third-order valence-corrected chi connectivity index (χ3v) is 13.4. The molecular weight excluding hydrogens is 961 g/mol. The van der Waals surface area contributed by atoms with Gasteiger partial charge in [0.05, 0.1) is 0 Å². The van der Waals surface area contributed by atoms with Crippen molar-refractivity contribution in [1.82, 2.24) is 0 Å². The molecule has 0 aliphatic carbocycles. The lowest BCUT2D eigenvalue weighted by atomic mass is 10.0. The van der Waals surface area contributed by atoms with Crippen molar-refractivity contribution in [3.63, 3.8) is 0 Å². The molecule has 442 valence electrons. The van der Waals surface area contributed by atoms with Gasteiger partial charge in [0.15, 0.2) is 6.10 Å². The molecule has 0 aromatic rings. The summed E-state index contributed by atoms with van der Waals surface area (Å²) in [6.07, 6.45) is 91.8. The minimum absolute atomic E-state index is 0.109. The number of carbonyl (C=O) groups excluding carboxylic acids is 3. The van der Waals surface area contributed by atoms with Gasteiger partial charge >= 0.3 is 17.9 Å². The molecule has 0 bridgehead atoms. The van der Waals surface area contributed by atoms with Crippen LogP contribution >= 0.6 is 0 Å². The maximum absolute atomic E-state index is 12.9. The van der Waals surface area contributed by atoms with Crippen LogP contribution in [-0.4, -0.2) is 37.2 Å². The average Bonchev–Trinajstić information content (AvgIpc) is 3.44. The van der Waals surface area contributed by atoms with Crippen molar-refractivity contribution in [1.29, 1.82) is 0 Å². The Bertz CT molecular complexity index is 1670. The lowest BCUT2D eigenvalue weighted by Crippen LogP contribution is -2.30. The van der Waals surface area contributed by atoms with Gasteiger partial charge in [-0.3, -0.25) is 14.4 Å². The van der Waals surface area contributed by atoms with Gasteiger partial charge in [-0.1, -0.05) is 283 Å². The monoisotopic (exact) mass is 1080 g/mol. The van der Waals surface area contributed by atoms with Crippen molar-refractivity contribution in [2.75, 3.05) is 13.2 Å². The van der Waals surface area contributed by atoms with Crippen LogP contribution in [0.2, 0.25) is 0 Å². The topological polar surface area (TPSA) is 78.9 Å². The molecule has 0 fully saturated rings. The molecule has 0 aliphatic rings. The summed E-state index contributed by atoms with van der Waals surface area (Å²) in [5.41, 5.74) is 0. The lowest BCUT2D eigenvalue weighted by Gasteiger charge is -2.18. The highest BCUT2D eigenvalue weighted by Crippen LogP contribution is 2.16. The molecule has 0 rings (SSSR count). The van der Waals surface area contributed by atoms with Crippen LogP contribution in [0, 0.1) is 0 Å². The van der Waals surface area contributed by atoms with Crippen molar-refractivity contribution < 1.29 is 28.6 Å². The molecule has 0 amide bonds. The Labute approximate surface area is 481 Å². The highest BCUT2D eigenvalue weighted by molar-refractivity contribution is 5.71. The van der Waals surface area contributed by atoms with Crippen molar-refractivity contribution in [2.24, 2.45) is 0 Å². The second kappa shape index (κ2) is 65.1. The van der Waals surface area contributed by atoms with Crippen molar-refractivity contribution in [3.8, 4) is 0 Å². The van der Waals surface area contributed by atoms with Gasteiger partial charge in [-0.25, -0.2) is 0 Å². The standard InChI is InChI=1S/C72H118O6/c1-4-7-10-13-16-19-22-25-27-29-31-33-34-35-36-37-38-39-41-42-44-47-50-53-56-59-62-65-71(74)77-68-69(67-76-70(73)64-61-58-55-52-49-46-24-21-18-15-12-9-6-3)78-72(75)66-63-60-57-54-51-48-45-43-40-32-30-28-26-23-20-17-14-11-8-5-2/h7,9-10,12,16,18-19,21,25,27,31,33,35-36,38-39,42,44,46,49-50,53,69H,4-6,8,11,13-15,17,20,22-24,26,28-30,32,34,37,40-41,43,45,47-48,51-52,54-68H2,1-3H3/b10-7-,12-9-,19-16-,21-18-,27-25-,33-31-,36-35-,39-38-,44-42-,49-46-,53-50-. The zero-order chi connectivity index (χ0) is 56.4. The molecule has 0 aromatic heterocycles. The molecule has 0 N–H and O–H groups in total. The van der Waals surface area contributed by atoms with Gasteiger partial charge < -0.3 is 14.2 Å². The Hall–Kier alpha value is -4.45. The molecule has 0 saturated heterocycles. The van der Waals surface area contributed by atoms with Crippen LogP contribution in [0.3, 0.4) is 0 Å². The first-order valence-corrected chi connectivity index (χ1v) is 32.2. The zero-order valence-corrected chi connectivity index (χ0v) is 50.6. The van der Waals surface area contributed by atoms with Crippen molar-refractivity contribution in [2.45, 2.75) is 290 Å². The normalized spacial score (nSPS) is 13.0. The lowest BCUT2D eigenvalue weighted by molar-refractivity contribution is -0.167. The van der Waals surface area contributed by atoms with Crippen LogP contribution in [-0.2, 0) is 28.6 Å². The fourth-order valence-corrected chi connectivity index (χ4v) is 8.65. The van der Waals surface area contributed by atoms with E-state index in [0.29, 0.717) is 25.7 Å². The highest BCUT2D eigenvalue weighted by atomic mass is 16.6. The van der Waals surface area contributed by atoms with Gasteiger partial charge in [-0.05, 0) is 116 Å². The summed E-state index contributed by atoms with van der Waals surface area (Å²) in [6.45, 7) is 6.37. The van der Waals surface area contributed by atoms with E-state index in [1.165, 1.54) is 109 Å². The van der Waals surface area contributed by atoms with Gasteiger partial charge in [0.2, 0.25) is 0 Å². The minimum Gasteiger partial charge on any atom is -0.462 e. The first kappa shape index (κ1) is 73.5. The summed E-state index contributed by atoms with van der Waals surface area (Å²) in [6, 6.07) is 0. The largest absolute Gasteiger partial charge is 0.462 e. The Morgan fingerprint density at radius 3 is 0.808 bits per heavy atom. The number of unbranched alkanes of at least 4 members (excludes halogenated alkanes) is 24. The van der Waals surface area contributed by atoms with E-state index in [1.54, 1.807) is 0 Å². The summed E-state index contributed by atoms with van der Waals surface area (Å²) < 4.78 is 16.9. The van der Waals surface area contributed by atoms with E-state index >= 15 is 0 Å². The molecule has 0 aliphatic heterocycles. The number of rotatable bonds is 57. The van der Waals surface area contributed by atoms with E-state index in [9.17, 15) is 14.4 Å². The van der Waals surface area contributed by atoms with Crippen molar-refractivity contribution in [3.05, 3.63) is 134 Å². The molecule has 78 heavy (non-hydrogen) atoms. The molecule has 1 unspecified atom stereocenters. The summed E-state index contributed by atoms with van der Waals surface area (Å²) in [5, 5.41) is 0. The third kappa shape index (κ3) is 62.4. The molecule has 0 aromatic carbocycles. The van der Waals surface area contributed by atoms with E-state index in [0.717, 1.165) is 128 Å². The highest BCUT2D eigenvalue weighted by Gasteiger charge is 2.19. The quantitative estimate of drug-likeness (QED) is 0.0261. The third-order valence-electron chi connectivity index (χ3n) is 13.4. The molecular formula is C72H118O6. The number of esters is 3. The van der Waals surface area contributed by atoms with E-state index in [-0.39, 0.29) is 31.1 Å². The zero-order valence-electron chi connectivity index (χ0n) is 50.6. The smallest absolute Gasteiger partial charge is 0.306 e. The number of hydrogen-bond acceptors (Lipinski definition) is 6. The fraction of sp³-hybridized carbons (Fsp3) is 0.653. The van der Waals surface area contributed by atoms with Crippen LogP contribution in [0.5, 0.6) is 0 Å². The fourth-order valence-electron chi connectivity index (χ4n) is 8.65. The van der Waals surface area contributed by atoms with Crippen LogP contribution in [0.4, 0.5) is 0 Å². The molecule has 1 atom stereocenters. The number of hydrogen-bond donors (Lipinski definition) is 0. The predicted octanol–water partition coefficient (Wildman–Crippen LogP) is 22.2. The van der Waals surface area contributed by atoms with Crippen LogP contribution < -0.4 is 0 Å². The summed E-state index contributed by atoms with van der Waals surface area (Å²) in [5.74, 6) is -0.976. The second-order valence-electron chi connectivity index (χ2n) is 20.9. The molecule has 0 heterocycles. The number of carbonyl (C=O) groups is 3. The van der Waals surface area contributed by atoms with E-state index < -0.39 is 6.10 Å². The Morgan fingerprint density at radius 1 is 0.269 bits per heavy atom. The summed E-state index contributed by atoms with van der Waals surface area (Å²) in [7, 11) is 0.